The van der Waals surface area contributed by atoms with Crippen molar-refractivity contribution in [3.63, 3.8) is 0 Å². The molecule has 19 heavy (non-hydrogen) atoms. The zero-order valence-corrected chi connectivity index (χ0v) is 10.3. The van der Waals surface area contributed by atoms with E-state index in [2.05, 4.69) is 15.6 Å². The number of rotatable bonds is 6. The number of aromatic nitrogens is 1. The number of pyridine rings is 1. The van der Waals surface area contributed by atoms with Gasteiger partial charge >= 0.3 is 0 Å². The second-order valence-electron chi connectivity index (χ2n) is 4.07. The third-order valence-corrected chi connectivity index (χ3v) is 2.78. The minimum absolute atomic E-state index is 0.356. The van der Waals surface area contributed by atoms with Crippen molar-refractivity contribution in [2.45, 2.75) is 6.42 Å². The number of amides is 1. The van der Waals surface area contributed by atoms with Crippen LogP contribution in [0.5, 0.6) is 0 Å². The van der Waals surface area contributed by atoms with Crippen LogP contribution in [0.15, 0.2) is 24.4 Å². The van der Waals surface area contributed by atoms with Crippen LogP contribution in [0.4, 0.5) is 15.9 Å². The van der Waals surface area contributed by atoms with E-state index in [1.807, 2.05) is 0 Å². The molecule has 0 aliphatic rings. The predicted molar refractivity (Wildman–Crippen MR) is 73.3 cm³/mol. The maximum Gasteiger partial charge on any atom is 0.207 e. The molecule has 0 fully saturated rings. The van der Waals surface area contributed by atoms with Crippen molar-refractivity contribution in [2.24, 2.45) is 0 Å². The van der Waals surface area contributed by atoms with Crippen molar-refractivity contribution in [1.29, 1.82) is 0 Å². The first-order valence-electron chi connectivity index (χ1n) is 5.97. The topological polar surface area (TPSA) is 80.0 Å². The van der Waals surface area contributed by atoms with E-state index in [0.29, 0.717) is 41.8 Å². The number of nitrogens with one attached hydrogen (secondary N) is 2. The van der Waals surface area contributed by atoms with Gasteiger partial charge in [-0.15, -0.1) is 0 Å². The van der Waals surface area contributed by atoms with Gasteiger partial charge in [0.2, 0.25) is 6.41 Å². The van der Waals surface area contributed by atoms with Gasteiger partial charge in [-0.25, -0.2) is 9.37 Å². The summed E-state index contributed by atoms with van der Waals surface area (Å²) in [6.45, 7) is 1.15. The lowest BCUT2D eigenvalue weighted by Gasteiger charge is -2.10. The van der Waals surface area contributed by atoms with Crippen molar-refractivity contribution >= 4 is 28.7 Å². The van der Waals surface area contributed by atoms with Crippen LogP contribution >= 0.6 is 0 Å². The number of hydrogen-bond donors (Lipinski definition) is 3. The number of nitrogens with zero attached hydrogens (tertiary/aromatic N) is 1. The first kappa shape index (κ1) is 13.1. The molecule has 0 atom stereocenters. The summed E-state index contributed by atoms with van der Waals surface area (Å²) in [7, 11) is 0. The molecule has 2 aromatic rings. The lowest BCUT2D eigenvalue weighted by molar-refractivity contribution is -0.109. The summed E-state index contributed by atoms with van der Waals surface area (Å²) >= 11 is 0. The van der Waals surface area contributed by atoms with Gasteiger partial charge in [-0.2, -0.15) is 0 Å². The minimum atomic E-state index is -0.356. The van der Waals surface area contributed by atoms with Crippen molar-refractivity contribution < 1.29 is 9.18 Å². The normalized spacial score (nSPS) is 10.4. The first-order valence-corrected chi connectivity index (χ1v) is 5.97. The van der Waals surface area contributed by atoms with Crippen LogP contribution in [0, 0.1) is 5.82 Å². The number of carbonyl (C=O) groups excluding carboxylic acids is 1. The second-order valence-corrected chi connectivity index (χ2v) is 4.07. The van der Waals surface area contributed by atoms with Crippen LogP contribution in [-0.2, 0) is 4.79 Å². The van der Waals surface area contributed by atoms with Crippen LogP contribution < -0.4 is 16.4 Å². The fourth-order valence-corrected chi connectivity index (χ4v) is 1.87. The van der Waals surface area contributed by atoms with Crippen LogP contribution in [0.3, 0.4) is 0 Å². The van der Waals surface area contributed by atoms with Gasteiger partial charge in [0.25, 0.3) is 0 Å². The number of halogens is 1. The molecule has 0 aliphatic carbocycles. The van der Waals surface area contributed by atoms with Gasteiger partial charge in [-0.3, -0.25) is 4.79 Å². The Labute approximate surface area is 110 Å². The number of carbonyl (C=O) groups is 1. The van der Waals surface area contributed by atoms with Crippen molar-refractivity contribution in [3.05, 3.63) is 30.2 Å². The Morgan fingerprint density at radius 2 is 2.16 bits per heavy atom. The summed E-state index contributed by atoms with van der Waals surface area (Å²) in [4.78, 5) is 14.2. The van der Waals surface area contributed by atoms with E-state index in [-0.39, 0.29) is 5.82 Å². The zero-order valence-electron chi connectivity index (χ0n) is 10.3. The maximum atomic E-state index is 13.9. The van der Waals surface area contributed by atoms with E-state index >= 15 is 0 Å². The molecule has 1 aromatic carbocycles. The number of benzene rings is 1. The van der Waals surface area contributed by atoms with Gasteiger partial charge < -0.3 is 16.4 Å². The van der Waals surface area contributed by atoms with E-state index in [4.69, 9.17) is 5.73 Å². The Hall–Kier alpha value is -2.37. The first-order chi connectivity index (χ1) is 9.24. The molecule has 4 N–H and O–H groups in total. The van der Waals surface area contributed by atoms with Crippen molar-refractivity contribution in [3.8, 4) is 0 Å². The molecule has 100 valence electrons. The lowest BCUT2D eigenvalue weighted by Crippen LogP contribution is -2.16. The van der Waals surface area contributed by atoms with Crippen LogP contribution in [-0.4, -0.2) is 24.5 Å². The molecule has 0 aliphatic heterocycles. The summed E-state index contributed by atoms with van der Waals surface area (Å²) in [5.74, 6) is 0.110. The Bertz CT molecular complexity index is 588. The standard InChI is InChI=1S/C13H15FN4O/c14-10-2-3-11(15)9-4-7-18-13(12(9)10)17-6-1-5-16-8-19/h2-4,7-8H,1,5-6,15H2,(H,16,19)(H,17,18). The summed E-state index contributed by atoms with van der Waals surface area (Å²) in [6.07, 6.45) is 2.96. The van der Waals surface area contributed by atoms with Crippen molar-refractivity contribution in [1.82, 2.24) is 10.3 Å². The molecule has 0 radical (unpaired) electrons. The molecular formula is C13H15FN4O. The average Bonchev–Trinajstić information content (AvgIpc) is 2.43. The van der Waals surface area contributed by atoms with Gasteiger partial charge in [0.1, 0.15) is 11.6 Å². The minimum Gasteiger partial charge on any atom is -0.398 e. The number of nitrogens with two attached hydrogens (primary N) is 1. The highest BCUT2D eigenvalue weighted by molar-refractivity contribution is 5.99. The fourth-order valence-electron chi connectivity index (χ4n) is 1.87. The lowest BCUT2D eigenvalue weighted by atomic mass is 10.1. The largest absolute Gasteiger partial charge is 0.398 e. The summed E-state index contributed by atoms with van der Waals surface area (Å²) in [6, 6.07) is 4.56. The predicted octanol–water partition coefficient (Wildman–Crippen LogP) is 1.50. The molecule has 0 saturated heterocycles. The monoisotopic (exact) mass is 262 g/mol. The zero-order chi connectivity index (χ0) is 13.7. The SMILES string of the molecule is Nc1ccc(F)c2c(NCCCNC=O)nccc12. The van der Waals surface area contributed by atoms with Gasteiger partial charge in [0, 0.05) is 30.4 Å². The average molecular weight is 262 g/mol. The van der Waals surface area contributed by atoms with E-state index in [1.165, 1.54) is 12.1 Å². The van der Waals surface area contributed by atoms with E-state index in [9.17, 15) is 9.18 Å². The molecule has 5 nitrogen and oxygen atoms in total. The van der Waals surface area contributed by atoms with E-state index in [0.717, 1.165) is 6.42 Å². The second kappa shape index (κ2) is 5.99. The molecule has 0 spiro atoms. The molecule has 6 heteroatoms. The Morgan fingerprint density at radius 3 is 2.95 bits per heavy atom. The summed E-state index contributed by atoms with van der Waals surface area (Å²) in [5.41, 5.74) is 6.34. The number of fused-ring (bicyclic) bond motifs is 1. The highest BCUT2D eigenvalue weighted by atomic mass is 19.1. The van der Waals surface area contributed by atoms with Gasteiger partial charge in [0.15, 0.2) is 0 Å². The highest BCUT2D eigenvalue weighted by Crippen LogP contribution is 2.28. The van der Waals surface area contributed by atoms with Crippen molar-refractivity contribution in [2.75, 3.05) is 24.1 Å². The summed E-state index contributed by atoms with van der Waals surface area (Å²) in [5, 5.41) is 6.65. The molecule has 1 amide bonds. The highest BCUT2D eigenvalue weighted by Gasteiger charge is 2.09. The molecule has 0 unspecified atom stereocenters. The summed E-state index contributed by atoms with van der Waals surface area (Å²) < 4.78 is 13.9. The molecule has 0 bridgehead atoms. The van der Waals surface area contributed by atoms with Gasteiger partial charge in [0.05, 0.1) is 5.39 Å². The molecule has 0 saturated carbocycles. The quantitative estimate of drug-likeness (QED) is 0.419. The third-order valence-electron chi connectivity index (χ3n) is 2.78. The molecule has 1 heterocycles. The van der Waals surface area contributed by atoms with Gasteiger partial charge in [-0.1, -0.05) is 0 Å². The van der Waals surface area contributed by atoms with Crippen LogP contribution in [0.25, 0.3) is 10.8 Å². The Morgan fingerprint density at radius 1 is 1.32 bits per heavy atom. The van der Waals surface area contributed by atoms with Crippen LogP contribution in [0.2, 0.25) is 0 Å². The Balaban J connectivity index is 2.19. The van der Waals surface area contributed by atoms with E-state index in [1.54, 1.807) is 12.3 Å². The van der Waals surface area contributed by atoms with Crippen LogP contribution in [0.1, 0.15) is 6.42 Å². The Kier molecular flexibility index (Phi) is 4.12. The molecular weight excluding hydrogens is 247 g/mol. The number of hydrogen-bond acceptors (Lipinski definition) is 4. The van der Waals surface area contributed by atoms with E-state index < -0.39 is 0 Å². The third kappa shape index (κ3) is 2.90. The fraction of sp³-hybridized carbons (Fsp3) is 0.231. The number of anilines is 2. The molecule has 1 aromatic heterocycles. The number of nitrogen functional groups attached to an aromatic ring is 1. The molecule has 2 rings (SSSR count). The smallest absolute Gasteiger partial charge is 0.207 e. The maximum absolute atomic E-state index is 13.9. The van der Waals surface area contributed by atoms with Gasteiger partial charge in [-0.05, 0) is 24.6 Å².